The highest BCUT2D eigenvalue weighted by Gasteiger charge is 2.31. The Kier molecular flexibility index (Phi) is 5.10. The lowest BCUT2D eigenvalue weighted by Crippen LogP contribution is -2.07. The summed E-state index contributed by atoms with van der Waals surface area (Å²) in [6, 6.07) is 19.1. The van der Waals surface area contributed by atoms with Crippen LogP contribution in [0.1, 0.15) is 52.7 Å². The number of benzene rings is 3. The van der Waals surface area contributed by atoms with Crippen molar-refractivity contribution in [1.82, 2.24) is 0 Å². The Balaban J connectivity index is 1.37. The Morgan fingerprint density at radius 1 is 1.13 bits per heavy atom. The second kappa shape index (κ2) is 8.06. The summed E-state index contributed by atoms with van der Waals surface area (Å²) in [5, 5.41) is 9.06. The van der Waals surface area contributed by atoms with Crippen LogP contribution in [0.25, 0.3) is 0 Å². The normalized spacial score (nSPS) is 18.9. The first-order chi connectivity index (χ1) is 15.1. The van der Waals surface area contributed by atoms with Crippen molar-refractivity contribution in [3.05, 3.63) is 94.3 Å². The van der Waals surface area contributed by atoms with Crippen LogP contribution in [-0.4, -0.2) is 17.7 Å². The van der Waals surface area contributed by atoms with Crippen LogP contribution >= 0.6 is 0 Å². The highest BCUT2D eigenvalue weighted by Crippen LogP contribution is 2.42. The monoisotopic (exact) mass is 418 g/mol. The topological polar surface area (TPSA) is 55.8 Å². The quantitative estimate of drug-likeness (QED) is 0.580. The zero-order chi connectivity index (χ0) is 21.4. The number of rotatable bonds is 6. The number of carboxylic acids is 1. The van der Waals surface area contributed by atoms with Crippen LogP contribution in [0.4, 0.5) is 4.39 Å². The molecule has 3 aromatic carbocycles. The Morgan fingerprint density at radius 2 is 1.97 bits per heavy atom. The second-order valence-electron chi connectivity index (χ2n) is 8.21. The molecule has 31 heavy (non-hydrogen) atoms. The maximum atomic E-state index is 14.8. The van der Waals surface area contributed by atoms with Crippen LogP contribution in [0.5, 0.6) is 11.5 Å². The van der Waals surface area contributed by atoms with E-state index in [0.717, 1.165) is 36.0 Å². The standard InChI is InChI=1S/C26H23FO4/c27-22-10-6-17(12-16-4-2-1-3-5-16)21-9-11-23(26(21)22)31-19-7-8-20-18(13-25(28)29)15-30-24(20)14-19/h1-8,10,14,18,23H,9,11-13,15H2,(H,28,29). The molecule has 0 radical (unpaired) electrons. The van der Waals surface area contributed by atoms with Crippen molar-refractivity contribution in [2.24, 2.45) is 0 Å². The molecule has 0 bridgehead atoms. The van der Waals surface area contributed by atoms with Crippen molar-refractivity contribution in [3.63, 3.8) is 0 Å². The van der Waals surface area contributed by atoms with E-state index in [1.807, 2.05) is 36.4 Å². The van der Waals surface area contributed by atoms with Gasteiger partial charge in [0, 0.05) is 23.1 Å². The summed E-state index contributed by atoms with van der Waals surface area (Å²) in [5.74, 6) is 0.0480. The van der Waals surface area contributed by atoms with E-state index in [2.05, 4.69) is 12.1 Å². The number of fused-ring (bicyclic) bond motifs is 2. The van der Waals surface area contributed by atoms with Crippen LogP contribution in [0.2, 0.25) is 0 Å². The van der Waals surface area contributed by atoms with E-state index in [9.17, 15) is 9.18 Å². The third-order valence-corrected chi connectivity index (χ3v) is 6.18. The predicted octanol–water partition coefficient (Wildman–Crippen LogP) is 5.43. The average Bonchev–Trinajstić information content (AvgIpc) is 3.36. The average molecular weight is 418 g/mol. The molecule has 0 amide bonds. The Hall–Kier alpha value is -3.34. The summed E-state index contributed by atoms with van der Waals surface area (Å²) in [4.78, 5) is 11.0. The van der Waals surface area contributed by atoms with Gasteiger partial charge in [0.1, 0.15) is 23.4 Å². The van der Waals surface area contributed by atoms with Crippen molar-refractivity contribution < 1.29 is 23.8 Å². The van der Waals surface area contributed by atoms with Crippen molar-refractivity contribution in [3.8, 4) is 11.5 Å². The Labute approximate surface area is 180 Å². The van der Waals surface area contributed by atoms with Gasteiger partial charge in [-0.25, -0.2) is 4.39 Å². The summed E-state index contributed by atoms with van der Waals surface area (Å²) in [7, 11) is 0. The molecular weight excluding hydrogens is 395 g/mol. The van der Waals surface area contributed by atoms with Gasteiger partial charge < -0.3 is 14.6 Å². The third-order valence-electron chi connectivity index (χ3n) is 6.18. The molecule has 1 aliphatic heterocycles. The fourth-order valence-electron chi connectivity index (χ4n) is 4.72. The molecule has 158 valence electrons. The molecule has 0 saturated heterocycles. The lowest BCUT2D eigenvalue weighted by Gasteiger charge is -2.17. The molecule has 2 aliphatic rings. The molecule has 1 heterocycles. The van der Waals surface area contributed by atoms with Gasteiger partial charge in [-0.2, -0.15) is 0 Å². The van der Waals surface area contributed by atoms with Crippen LogP contribution in [0.15, 0.2) is 60.7 Å². The molecule has 4 nitrogen and oxygen atoms in total. The van der Waals surface area contributed by atoms with Gasteiger partial charge in [0.25, 0.3) is 0 Å². The molecule has 0 aromatic heterocycles. The first-order valence-electron chi connectivity index (χ1n) is 10.6. The highest BCUT2D eigenvalue weighted by atomic mass is 19.1. The highest BCUT2D eigenvalue weighted by molar-refractivity contribution is 5.68. The van der Waals surface area contributed by atoms with Gasteiger partial charge in [-0.05, 0) is 48.1 Å². The van der Waals surface area contributed by atoms with Gasteiger partial charge >= 0.3 is 5.97 Å². The minimum Gasteiger partial charge on any atom is -0.492 e. The zero-order valence-corrected chi connectivity index (χ0v) is 17.0. The number of hydrogen-bond acceptors (Lipinski definition) is 3. The van der Waals surface area contributed by atoms with Crippen LogP contribution in [-0.2, 0) is 17.6 Å². The molecule has 2 unspecified atom stereocenters. The Bertz CT molecular complexity index is 1130. The molecule has 5 rings (SSSR count). The van der Waals surface area contributed by atoms with E-state index >= 15 is 0 Å². The van der Waals surface area contributed by atoms with Crippen molar-refractivity contribution in [1.29, 1.82) is 0 Å². The van der Waals surface area contributed by atoms with Crippen molar-refractivity contribution >= 4 is 5.97 Å². The minimum atomic E-state index is -0.842. The predicted molar refractivity (Wildman–Crippen MR) is 114 cm³/mol. The molecular formula is C26H23FO4. The fraction of sp³-hybridized carbons (Fsp3) is 0.269. The van der Waals surface area contributed by atoms with Gasteiger partial charge in [-0.1, -0.05) is 42.5 Å². The van der Waals surface area contributed by atoms with E-state index in [1.165, 1.54) is 5.56 Å². The molecule has 0 fully saturated rings. The number of aliphatic carboxylic acids is 1. The second-order valence-corrected chi connectivity index (χ2v) is 8.21. The van der Waals surface area contributed by atoms with Gasteiger partial charge in [-0.3, -0.25) is 4.79 Å². The molecule has 2 atom stereocenters. The van der Waals surface area contributed by atoms with E-state index in [0.29, 0.717) is 23.7 Å². The number of hydrogen-bond donors (Lipinski definition) is 1. The number of carboxylic acid groups (broad SMARTS) is 1. The summed E-state index contributed by atoms with van der Waals surface area (Å²) >= 11 is 0. The lowest BCUT2D eigenvalue weighted by atomic mass is 9.96. The van der Waals surface area contributed by atoms with E-state index in [1.54, 1.807) is 12.1 Å². The van der Waals surface area contributed by atoms with Gasteiger partial charge in [0.15, 0.2) is 0 Å². The molecule has 1 N–H and O–H groups in total. The molecule has 5 heteroatoms. The van der Waals surface area contributed by atoms with Gasteiger partial charge in [-0.15, -0.1) is 0 Å². The summed E-state index contributed by atoms with van der Waals surface area (Å²) in [6.07, 6.45) is 1.96. The van der Waals surface area contributed by atoms with E-state index < -0.39 is 5.97 Å². The first-order valence-corrected chi connectivity index (χ1v) is 10.6. The summed E-state index contributed by atoms with van der Waals surface area (Å²) in [5.41, 5.74) is 4.93. The van der Waals surface area contributed by atoms with Crippen LogP contribution < -0.4 is 9.47 Å². The van der Waals surface area contributed by atoms with E-state index in [-0.39, 0.29) is 24.3 Å². The maximum Gasteiger partial charge on any atom is 0.304 e. The molecule has 1 aliphatic carbocycles. The zero-order valence-electron chi connectivity index (χ0n) is 17.0. The van der Waals surface area contributed by atoms with Crippen molar-refractivity contribution in [2.75, 3.05) is 6.61 Å². The van der Waals surface area contributed by atoms with Gasteiger partial charge in [0.2, 0.25) is 0 Å². The van der Waals surface area contributed by atoms with Gasteiger partial charge in [0.05, 0.1) is 13.0 Å². The van der Waals surface area contributed by atoms with Crippen LogP contribution in [0.3, 0.4) is 0 Å². The summed E-state index contributed by atoms with van der Waals surface area (Å²) < 4.78 is 26.7. The number of halogens is 1. The minimum absolute atomic E-state index is 0.0403. The third kappa shape index (κ3) is 3.88. The Morgan fingerprint density at radius 3 is 2.77 bits per heavy atom. The lowest BCUT2D eigenvalue weighted by molar-refractivity contribution is -0.137. The van der Waals surface area contributed by atoms with E-state index in [4.69, 9.17) is 14.6 Å². The molecule has 0 saturated carbocycles. The molecule has 0 spiro atoms. The van der Waals surface area contributed by atoms with Crippen molar-refractivity contribution in [2.45, 2.75) is 37.7 Å². The van der Waals surface area contributed by atoms with Crippen LogP contribution in [0, 0.1) is 5.82 Å². The summed E-state index contributed by atoms with van der Waals surface area (Å²) in [6.45, 7) is 0.356. The smallest absolute Gasteiger partial charge is 0.304 e. The first kappa shape index (κ1) is 19.6. The number of ether oxygens (including phenoxy) is 2. The number of carbonyl (C=O) groups is 1. The maximum absolute atomic E-state index is 14.8. The fourth-order valence-corrected chi connectivity index (χ4v) is 4.72. The SMILES string of the molecule is O=C(O)CC1COc2cc(OC3CCc4c(Cc5ccccc5)ccc(F)c43)ccc21. The largest absolute Gasteiger partial charge is 0.492 e. The molecule has 3 aromatic rings.